The van der Waals surface area contributed by atoms with Crippen molar-refractivity contribution in [2.45, 2.75) is 29.9 Å². The highest BCUT2D eigenvalue weighted by atomic mass is 32.2. The number of esters is 1. The third-order valence-corrected chi connectivity index (χ3v) is 5.38. The highest BCUT2D eigenvalue weighted by Crippen LogP contribution is 2.36. The van der Waals surface area contributed by atoms with E-state index in [0.29, 0.717) is 5.56 Å². The van der Waals surface area contributed by atoms with Gasteiger partial charge in [0.1, 0.15) is 0 Å². The molecule has 1 heterocycles. The van der Waals surface area contributed by atoms with Crippen LogP contribution < -0.4 is 5.32 Å². The Hall–Kier alpha value is -2.60. The fourth-order valence-corrected chi connectivity index (χ4v) is 3.69. The van der Waals surface area contributed by atoms with E-state index in [9.17, 15) is 14.4 Å². The lowest BCUT2D eigenvalue weighted by molar-refractivity contribution is -0.143. The molecule has 1 aliphatic heterocycles. The fourth-order valence-electron chi connectivity index (χ4n) is 2.59. The monoisotopic (exact) mass is 369 g/mol. The summed E-state index contributed by atoms with van der Waals surface area (Å²) >= 11 is 1.33. The van der Waals surface area contributed by atoms with Crippen LogP contribution in [0.25, 0.3) is 0 Å². The van der Waals surface area contributed by atoms with E-state index in [1.54, 1.807) is 12.1 Å². The maximum Gasteiger partial charge on any atom is 0.307 e. The molecule has 134 valence electrons. The number of nitrogens with one attached hydrogen (secondary N) is 1. The molecule has 1 N–H and O–H groups in total. The maximum absolute atomic E-state index is 12.1. The van der Waals surface area contributed by atoms with Gasteiger partial charge >= 0.3 is 5.97 Å². The fraction of sp³-hybridized carbons (Fsp3) is 0.250. The first-order chi connectivity index (χ1) is 12.6. The Balaban J connectivity index is 1.52. The van der Waals surface area contributed by atoms with Gasteiger partial charge in [-0.05, 0) is 24.1 Å². The number of ether oxygens (including phenoxy) is 1. The Morgan fingerprint density at radius 1 is 1.12 bits per heavy atom. The SMILES string of the molecule is CCc1ccc(C(=O)COC(=O)C[C@H]2Sc3ccccc3NC2=O)cc1. The van der Waals surface area contributed by atoms with Crippen LogP contribution in [0, 0.1) is 0 Å². The van der Waals surface area contributed by atoms with Crippen LogP contribution in [0.4, 0.5) is 5.69 Å². The maximum atomic E-state index is 12.1. The lowest BCUT2D eigenvalue weighted by atomic mass is 10.1. The van der Waals surface area contributed by atoms with Gasteiger partial charge in [-0.3, -0.25) is 14.4 Å². The second-order valence-electron chi connectivity index (χ2n) is 5.93. The molecule has 26 heavy (non-hydrogen) atoms. The van der Waals surface area contributed by atoms with E-state index in [0.717, 1.165) is 22.6 Å². The van der Waals surface area contributed by atoms with E-state index >= 15 is 0 Å². The molecule has 2 aromatic rings. The molecule has 0 aliphatic carbocycles. The molecule has 1 aliphatic rings. The Kier molecular flexibility index (Phi) is 5.73. The summed E-state index contributed by atoms with van der Waals surface area (Å²) < 4.78 is 5.07. The van der Waals surface area contributed by atoms with Gasteiger partial charge in [-0.2, -0.15) is 0 Å². The summed E-state index contributed by atoms with van der Waals surface area (Å²) in [5.41, 5.74) is 2.39. The van der Waals surface area contributed by atoms with Crippen molar-refractivity contribution in [2.75, 3.05) is 11.9 Å². The number of amides is 1. The highest BCUT2D eigenvalue weighted by Gasteiger charge is 2.29. The normalized spacial score (nSPS) is 15.7. The van der Waals surface area contributed by atoms with Crippen LogP contribution in [0.15, 0.2) is 53.4 Å². The molecule has 0 saturated carbocycles. The van der Waals surface area contributed by atoms with E-state index in [2.05, 4.69) is 5.32 Å². The topological polar surface area (TPSA) is 72.5 Å². The number of hydrogen-bond donors (Lipinski definition) is 1. The van der Waals surface area contributed by atoms with Crippen LogP contribution in [-0.2, 0) is 20.7 Å². The zero-order valence-corrected chi connectivity index (χ0v) is 15.2. The van der Waals surface area contributed by atoms with Crippen molar-refractivity contribution >= 4 is 35.1 Å². The molecule has 6 heteroatoms. The van der Waals surface area contributed by atoms with E-state index in [-0.39, 0.29) is 24.7 Å². The van der Waals surface area contributed by atoms with Gasteiger partial charge in [-0.1, -0.05) is 43.3 Å². The number of fused-ring (bicyclic) bond motifs is 1. The first-order valence-corrected chi connectivity index (χ1v) is 9.29. The number of ketones is 1. The largest absolute Gasteiger partial charge is 0.457 e. The van der Waals surface area contributed by atoms with E-state index in [1.165, 1.54) is 11.8 Å². The number of rotatable bonds is 6. The quantitative estimate of drug-likeness (QED) is 0.623. The zero-order chi connectivity index (χ0) is 18.5. The lowest BCUT2D eigenvalue weighted by Crippen LogP contribution is -2.31. The number of aryl methyl sites for hydroxylation is 1. The number of carbonyl (C=O) groups excluding carboxylic acids is 3. The molecule has 2 aromatic carbocycles. The number of hydrogen-bond acceptors (Lipinski definition) is 5. The second-order valence-corrected chi connectivity index (χ2v) is 7.17. The van der Waals surface area contributed by atoms with Gasteiger partial charge in [0.05, 0.1) is 17.4 Å². The van der Waals surface area contributed by atoms with Gasteiger partial charge < -0.3 is 10.1 Å². The van der Waals surface area contributed by atoms with E-state index in [4.69, 9.17) is 4.74 Å². The van der Waals surface area contributed by atoms with Crippen LogP contribution in [0.1, 0.15) is 29.3 Å². The summed E-state index contributed by atoms with van der Waals surface area (Å²) in [6.07, 6.45) is 0.820. The standard InChI is InChI=1S/C20H19NO4S/c1-2-13-7-9-14(10-8-13)16(22)12-25-19(23)11-18-20(24)21-15-5-3-4-6-17(15)26-18/h3-10,18H,2,11-12H2,1H3,(H,21,24)/t18-/m1/s1. The predicted octanol–water partition coefficient (Wildman–Crippen LogP) is 3.48. The average Bonchev–Trinajstić information content (AvgIpc) is 2.66. The molecule has 0 radical (unpaired) electrons. The number of Topliss-reactive ketones (excluding diaryl/α,β-unsaturated/α-hetero) is 1. The minimum atomic E-state index is -0.560. The van der Waals surface area contributed by atoms with Gasteiger partial charge in [0.15, 0.2) is 12.4 Å². The van der Waals surface area contributed by atoms with Crippen molar-refractivity contribution in [1.82, 2.24) is 0 Å². The van der Waals surface area contributed by atoms with Gasteiger partial charge in [0.25, 0.3) is 0 Å². The molecular weight excluding hydrogens is 350 g/mol. The Labute approximate surface area is 156 Å². The zero-order valence-electron chi connectivity index (χ0n) is 14.4. The molecule has 3 rings (SSSR count). The summed E-state index contributed by atoms with van der Waals surface area (Å²) in [6.45, 7) is 1.72. The molecule has 1 amide bonds. The molecular formula is C20H19NO4S. The predicted molar refractivity (Wildman–Crippen MR) is 100 cm³/mol. The average molecular weight is 369 g/mol. The van der Waals surface area contributed by atoms with Crippen molar-refractivity contribution in [3.8, 4) is 0 Å². The third-order valence-electron chi connectivity index (χ3n) is 4.11. The summed E-state index contributed by atoms with van der Waals surface area (Å²) in [6, 6.07) is 14.7. The molecule has 1 atom stereocenters. The summed E-state index contributed by atoms with van der Waals surface area (Å²) in [5, 5.41) is 2.22. The number of benzene rings is 2. The van der Waals surface area contributed by atoms with Gasteiger partial charge in [0, 0.05) is 10.5 Å². The molecule has 0 fully saturated rings. The molecule has 0 aromatic heterocycles. The number of thioether (sulfide) groups is 1. The van der Waals surface area contributed by atoms with Crippen LogP contribution in [0.3, 0.4) is 0 Å². The van der Waals surface area contributed by atoms with Crippen LogP contribution in [0.2, 0.25) is 0 Å². The molecule has 0 spiro atoms. The van der Waals surface area contributed by atoms with Crippen molar-refractivity contribution in [1.29, 1.82) is 0 Å². The number of anilines is 1. The molecule has 0 saturated heterocycles. The Morgan fingerprint density at radius 2 is 1.85 bits per heavy atom. The van der Waals surface area contributed by atoms with Crippen LogP contribution >= 0.6 is 11.8 Å². The van der Waals surface area contributed by atoms with Crippen LogP contribution in [0.5, 0.6) is 0 Å². The second kappa shape index (κ2) is 8.19. The molecule has 0 bridgehead atoms. The van der Waals surface area contributed by atoms with E-state index < -0.39 is 11.2 Å². The summed E-state index contributed by atoms with van der Waals surface area (Å²) in [4.78, 5) is 37.2. The van der Waals surface area contributed by atoms with Crippen molar-refractivity contribution in [3.05, 3.63) is 59.7 Å². The molecule has 5 nitrogen and oxygen atoms in total. The van der Waals surface area contributed by atoms with Crippen LogP contribution in [-0.4, -0.2) is 29.5 Å². The van der Waals surface area contributed by atoms with E-state index in [1.807, 2.05) is 43.3 Å². The smallest absolute Gasteiger partial charge is 0.307 e. The number of para-hydroxylation sites is 1. The first kappa shape index (κ1) is 18.2. The Bertz CT molecular complexity index is 832. The lowest BCUT2D eigenvalue weighted by Gasteiger charge is -2.23. The number of carbonyl (C=O) groups is 3. The summed E-state index contributed by atoms with van der Waals surface area (Å²) in [5.74, 6) is -1.05. The van der Waals surface area contributed by atoms with Crippen molar-refractivity contribution < 1.29 is 19.1 Å². The minimum Gasteiger partial charge on any atom is -0.457 e. The van der Waals surface area contributed by atoms with Gasteiger partial charge in [-0.25, -0.2) is 0 Å². The third kappa shape index (κ3) is 4.32. The molecule has 0 unspecified atom stereocenters. The van der Waals surface area contributed by atoms with Gasteiger partial charge in [0.2, 0.25) is 5.91 Å². The van der Waals surface area contributed by atoms with Crippen molar-refractivity contribution in [2.24, 2.45) is 0 Å². The summed E-state index contributed by atoms with van der Waals surface area (Å²) in [7, 11) is 0. The first-order valence-electron chi connectivity index (χ1n) is 8.41. The van der Waals surface area contributed by atoms with Gasteiger partial charge in [-0.15, -0.1) is 11.8 Å². The Morgan fingerprint density at radius 3 is 2.58 bits per heavy atom. The highest BCUT2D eigenvalue weighted by molar-refractivity contribution is 8.01. The minimum absolute atomic E-state index is 0.0765. The van der Waals surface area contributed by atoms with Crippen molar-refractivity contribution in [3.63, 3.8) is 0 Å².